The highest BCUT2D eigenvalue weighted by Gasteiger charge is 2.22. The van der Waals surface area contributed by atoms with Crippen LogP contribution in [0.25, 0.3) is 0 Å². The number of esters is 1. The molecule has 0 unspecified atom stereocenters. The molecule has 0 fully saturated rings. The largest absolute Gasteiger partial charge is 0.454 e. The van der Waals surface area contributed by atoms with Gasteiger partial charge in [-0.1, -0.05) is 29.3 Å². The van der Waals surface area contributed by atoms with E-state index in [0.717, 1.165) is 21.5 Å². The molecule has 8 heteroatoms. The number of sulfonamides is 1. The molecule has 2 rings (SSSR count). The molecule has 0 saturated heterocycles. The smallest absolute Gasteiger partial charge is 0.340 e. The second kappa shape index (κ2) is 8.21. The van der Waals surface area contributed by atoms with Crippen molar-refractivity contribution in [3.8, 4) is 0 Å². The van der Waals surface area contributed by atoms with Gasteiger partial charge in [0.2, 0.25) is 15.8 Å². The third-order valence-corrected chi connectivity index (χ3v) is 6.10. The molecular weight excluding hydrogens is 390 g/mol. The molecule has 0 amide bonds. The second-order valence-corrected chi connectivity index (χ2v) is 8.81. The van der Waals surface area contributed by atoms with Crippen LogP contribution in [0.3, 0.4) is 0 Å². The minimum absolute atomic E-state index is 0.0388. The molecule has 0 atom stereocenters. The number of nitrogens with zero attached hydrogens (tertiary/aromatic N) is 1. The van der Waals surface area contributed by atoms with Crippen LogP contribution in [0.4, 0.5) is 0 Å². The molecule has 2 aromatic rings. The first-order valence-electron chi connectivity index (χ1n) is 8.03. The summed E-state index contributed by atoms with van der Waals surface area (Å²) in [5, 5.41) is 0.0388. The third kappa shape index (κ3) is 4.74. The lowest BCUT2D eigenvalue weighted by molar-refractivity contribution is 0.0474. The van der Waals surface area contributed by atoms with Crippen molar-refractivity contribution in [3.05, 3.63) is 63.7 Å². The van der Waals surface area contributed by atoms with Crippen molar-refractivity contribution in [2.75, 3.05) is 20.7 Å². The number of Topliss-reactive ketones (excluding diaryl/α,β-unsaturated/α-hetero) is 1. The van der Waals surface area contributed by atoms with Crippen molar-refractivity contribution < 1.29 is 22.7 Å². The summed E-state index contributed by atoms with van der Waals surface area (Å²) in [5.74, 6) is -1.22. The molecule has 144 valence electrons. The zero-order chi connectivity index (χ0) is 20.4. The van der Waals surface area contributed by atoms with Crippen LogP contribution >= 0.6 is 11.6 Å². The van der Waals surface area contributed by atoms with Gasteiger partial charge in [-0.15, -0.1) is 0 Å². The molecule has 2 aromatic carbocycles. The summed E-state index contributed by atoms with van der Waals surface area (Å²) in [6.45, 7) is 3.18. The maximum absolute atomic E-state index is 12.3. The van der Waals surface area contributed by atoms with E-state index in [9.17, 15) is 18.0 Å². The lowest BCUT2D eigenvalue weighted by Gasteiger charge is -2.13. The quantitative estimate of drug-likeness (QED) is 0.540. The van der Waals surface area contributed by atoms with E-state index in [4.69, 9.17) is 16.3 Å². The summed E-state index contributed by atoms with van der Waals surface area (Å²) < 4.78 is 30.5. The van der Waals surface area contributed by atoms with E-state index in [1.807, 2.05) is 19.1 Å². The minimum Gasteiger partial charge on any atom is -0.454 e. The molecule has 0 heterocycles. The molecule has 0 N–H and O–H groups in total. The number of ether oxygens (including phenoxy) is 1. The average molecular weight is 410 g/mol. The van der Waals surface area contributed by atoms with Crippen LogP contribution in [0.1, 0.15) is 31.8 Å². The van der Waals surface area contributed by atoms with Crippen molar-refractivity contribution in [1.29, 1.82) is 0 Å². The molecular formula is C19H20ClNO5S. The second-order valence-electron chi connectivity index (χ2n) is 6.25. The normalized spacial score (nSPS) is 11.5. The van der Waals surface area contributed by atoms with Crippen LogP contribution in [0, 0.1) is 13.8 Å². The number of aryl methyl sites for hydroxylation is 2. The standard InChI is InChI=1S/C19H20ClNO5S/c1-12-5-6-13(2)15(9-12)18(22)11-26-19(23)16-10-14(7-8-17(16)20)27(24,25)21(3)4/h5-10H,11H2,1-4H3. The fourth-order valence-electron chi connectivity index (χ4n) is 2.35. The monoisotopic (exact) mass is 409 g/mol. The van der Waals surface area contributed by atoms with Crippen LogP contribution in [0.5, 0.6) is 0 Å². The Kier molecular flexibility index (Phi) is 6.41. The highest BCUT2D eigenvalue weighted by molar-refractivity contribution is 7.89. The predicted molar refractivity (Wildman–Crippen MR) is 103 cm³/mol. The van der Waals surface area contributed by atoms with E-state index in [2.05, 4.69) is 0 Å². The van der Waals surface area contributed by atoms with Crippen molar-refractivity contribution in [1.82, 2.24) is 4.31 Å². The lowest BCUT2D eigenvalue weighted by Crippen LogP contribution is -2.22. The van der Waals surface area contributed by atoms with Crippen LogP contribution in [0.2, 0.25) is 5.02 Å². The Hall–Kier alpha value is -2.22. The minimum atomic E-state index is -3.73. The van der Waals surface area contributed by atoms with Crippen LogP contribution in [-0.4, -0.2) is 45.2 Å². The first-order chi connectivity index (χ1) is 12.5. The molecule has 0 aliphatic heterocycles. The highest BCUT2D eigenvalue weighted by Crippen LogP contribution is 2.23. The first-order valence-corrected chi connectivity index (χ1v) is 9.85. The van der Waals surface area contributed by atoms with E-state index in [-0.39, 0.29) is 21.3 Å². The van der Waals surface area contributed by atoms with Crippen LogP contribution in [-0.2, 0) is 14.8 Å². The summed E-state index contributed by atoms with van der Waals surface area (Å²) in [7, 11) is -0.975. The maximum atomic E-state index is 12.3. The topological polar surface area (TPSA) is 80.8 Å². The molecule has 0 aliphatic rings. The number of halogens is 1. The Labute approximate surface area is 163 Å². The van der Waals surface area contributed by atoms with E-state index in [1.54, 1.807) is 13.0 Å². The number of rotatable bonds is 6. The number of carbonyl (C=O) groups is 2. The molecule has 6 nitrogen and oxygen atoms in total. The summed E-state index contributed by atoms with van der Waals surface area (Å²) in [4.78, 5) is 24.6. The highest BCUT2D eigenvalue weighted by atomic mass is 35.5. The summed E-state index contributed by atoms with van der Waals surface area (Å²) >= 11 is 6.00. The predicted octanol–water partition coefficient (Wildman–Crippen LogP) is 3.25. The summed E-state index contributed by atoms with van der Waals surface area (Å²) in [6, 6.07) is 9.17. The van der Waals surface area contributed by atoms with Gasteiger partial charge in [-0.2, -0.15) is 0 Å². The number of carbonyl (C=O) groups excluding carboxylic acids is 2. The fourth-order valence-corrected chi connectivity index (χ4v) is 3.48. The van der Waals surface area contributed by atoms with E-state index >= 15 is 0 Å². The van der Waals surface area contributed by atoms with Gasteiger partial charge < -0.3 is 4.74 Å². The molecule has 0 aliphatic carbocycles. The maximum Gasteiger partial charge on any atom is 0.340 e. The van der Waals surface area contributed by atoms with Gasteiger partial charge in [0.25, 0.3) is 0 Å². The number of ketones is 1. The zero-order valence-electron chi connectivity index (χ0n) is 15.4. The van der Waals surface area contributed by atoms with Gasteiger partial charge in [-0.3, -0.25) is 4.79 Å². The molecule has 0 saturated carbocycles. The molecule has 0 radical (unpaired) electrons. The molecule has 0 aromatic heterocycles. The molecule has 27 heavy (non-hydrogen) atoms. The van der Waals surface area contributed by atoms with Crippen molar-refractivity contribution in [2.24, 2.45) is 0 Å². The van der Waals surface area contributed by atoms with Gasteiger partial charge >= 0.3 is 5.97 Å². The lowest BCUT2D eigenvalue weighted by atomic mass is 10.0. The van der Waals surface area contributed by atoms with Gasteiger partial charge in [0.05, 0.1) is 15.5 Å². The Morgan fingerprint density at radius 3 is 2.33 bits per heavy atom. The fraction of sp³-hybridized carbons (Fsp3) is 0.263. The van der Waals surface area contributed by atoms with Gasteiger partial charge in [0, 0.05) is 19.7 Å². The Bertz CT molecular complexity index is 999. The molecule has 0 bridgehead atoms. The number of hydrogen-bond donors (Lipinski definition) is 0. The van der Waals surface area contributed by atoms with Crippen molar-refractivity contribution >= 4 is 33.4 Å². The SMILES string of the molecule is Cc1ccc(C)c(C(=O)COC(=O)c2cc(S(=O)(=O)N(C)C)ccc2Cl)c1. The van der Waals surface area contributed by atoms with Gasteiger partial charge in [-0.05, 0) is 43.7 Å². The van der Waals surface area contributed by atoms with Crippen LogP contribution in [0.15, 0.2) is 41.3 Å². The van der Waals surface area contributed by atoms with E-state index in [1.165, 1.54) is 26.2 Å². The van der Waals surface area contributed by atoms with E-state index in [0.29, 0.717) is 5.56 Å². The zero-order valence-corrected chi connectivity index (χ0v) is 17.0. The summed E-state index contributed by atoms with van der Waals surface area (Å²) in [5.41, 5.74) is 2.05. The average Bonchev–Trinajstić information content (AvgIpc) is 2.61. The number of benzene rings is 2. The van der Waals surface area contributed by atoms with Gasteiger partial charge in [0.1, 0.15) is 0 Å². The Morgan fingerprint density at radius 2 is 1.70 bits per heavy atom. The van der Waals surface area contributed by atoms with E-state index < -0.39 is 22.6 Å². The van der Waals surface area contributed by atoms with Crippen LogP contribution < -0.4 is 0 Å². The Balaban J connectivity index is 2.21. The summed E-state index contributed by atoms with van der Waals surface area (Å²) in [6.07, 6.45) is 0. The third-order valence-electron chi connectivity index (χ3n) is 3.96. The van der Waals surface area contributed by atoms with Crippen molar-refractivity contribution in [3.63, 3.8) is 0 Å². The van der Waals surface area contributed by atoms with Gasteiger partial charge in [-0.25, -0.2) is 17.5 Å². The molecule has 0 spiro atoms. The Morgan fingerprint density at radius 1 is 1.04 bits per heavy atom. The first kappa shape index (κ1) is 21.1. The van der Waals surface area contributed by atoms with Crippen molar-refractivity contribution in [2.45, 2.75) is 18.7 Å². The van der Waals surface area contributed by atoms with Gasteiger partial charge in [0.15, 0.2) is 6.61 Å². The number of hydrogen-bond acceptors (Lipinski definition) is 5.